The van der Waals surface area contributed by atoms with Gasteiger partial charge in [0.1, 0.15) is 10.8 Å². The number of nitrogens with zero attached hydrogens (tertiary/aromatic N) is 2. The molecule has 0 aliphatic carbocycles. The molecular weight excluding hydrogens is 306 g/mol. The molecule has 0 saturated heterocycles. The maximum Gasteiger partial charge on any atom is 0.345 e. The van der Waals surface area contributed by atoms with Crippen LogP contribution in [0.4, 0.5) is 14.5 Å². The maximum atomic E-state index is 12.7. The van der Waals surface area contributed by atoms with Crippen molar-refractivity contribution in [1.82, 2.24) is 4.98 Å². The standard InChI is InChI=1S/C8H5BrF2N2O4/c1-17-8(14)4-3(13(15)16)2-12-6(9)5(4)7(10)11/h2,7H,1H3. The predicted molar refractivity (Wildman–Crippen MR) is 54.9 cm³/mol. The van der Waals surface area contributed by atoms with Crippen LogP contribution in [0.5, 0.6) is 0 Å². The Kier molecular flexibility index (Phi) is 4.05. The van der Waals surface area contributed by atoms with Crippen molar-refractivity contribution in [2.45, 2.75) is 6.43 Å². The molecule has 0 aromatic carbocycles. The van der Waals surface area contributed by atoms with E-state index in [1.165, 1.54) is 0 Å². The van der Waals surface area contributed by atoms with Gasteiger partial charge in [-0.1, -0.05) is 0 Å². The zero-order chi connectivity index (χ0) is 13.2. The van der Waals surface area contributed by atoms with E-state index in [4.69, 9.17) is 0 Å². The highest BCUT2D eigenvalue weighted by Gasteiger charge is 2.32. The molecule has 0 bridgehead atoms. The number of methoxy groups -OCH3 is 1. The van der Waals surface area contributed by atoms with Crippen LogP contribution in [-0.4, -0.2) is 23.0 Å². The summed E-state index contributed by atoms with van der Waals surface area (Å²) in [6.45, 7) is 0. The molecule has 9 heteroatoms. The Bertz CT molecular complexity index is 481. The zero-order valence-electron chi connectivity index (χ0n) is 8.32. The highest BCUT2D eigenvalue weighted by Crippen LogP contribution is 2.34. The molecule has 0 saturated carbocycles. The predicted octanol–water partition coefficient (Wildman–Crippen LogP) is 2.48. The molecule has 0 atom stereocenters. The van der Waals surface area contributed by atoms with Crippen LogP contribution in [0.15, 0.2) is 10.8 Å². The molecule has 1 aromatic heterocycles. The van der Waals surface area contributed by atoms with Gasteiger partial charge in [-0.15, -0.1) is 0 Å². The summed E-state index contributed by atoms with van der Waals surface area (Å²) in [7, 11) is 0.940. The molecule has 0 radical (unpaired) electrons. The number of halogens is 3. The minimum absolute atomic E-state index is 0.335. The molecule has 0 aliphatic rings. The molecule has 0 N–H and O–H groups in total. The molecule has 0 spiro atoms. The molecule has 0 amide bonds. The van der Waals surface area contributed by atoms with E-state index >= 15 is 0 Å². The zero-order valence-corrected chi connectivity index (χ0v) is 9.90. The lowest BCUT2D eigenvalue weighted by Crippen LogP contribution is -2.11. The Morgan fingerprint density at radius 2 is 2.24 bits per heavy atom. The van der Waals surface area contributed by atoms with Gasteiger partial charge in [0.25, 0.3) is 6.43 Å². The third kappa shape index (κ3) is 2.54. The first-order chi connectivity index (χ1) is 7.90. The molecule has 1 aromatic rings. The van der Waals surface area contributed by atoms with Gasteiger partial charge in [0, 0.05) is 0 Å². The fraction of sp³-hybridized carbons (Fsp3) is 0.250. The van der Waals surface area contributed by atoms with Crippen LogP contribution >= 0.6 is 15.9 Å². The van der Waals surface area contributed by atoms with E-state index in [0.29, 0.717) is 6.20 Å². The first-order valence-corrected chi connectivity index (χ1v) is 4.88. The lowest BCUT2D eigenvalue weighted by molar-refractivity contribution is -0.385. The van der Waals surface area contributed by atoms with E-state index in [1.54, 1.807) is 0 Å². The summed E-state index contributed by atoms with van der Waals surface area (Å²) in [6, 6.07) is 0. The molecule has 0 fully saturated rings. The number of carbonyl (C=O) groups excluding carboxylic acids is 1. The topological polar surface area (TPSA) is 82.3 Å². The SMILES string of the molecule is COC(=O)c1c([N+](=O)[O-])cnc(Br)c1C(F)F. The van der Waals surface area contributed by atoms with Crippen molar-refractivity contribution in [1.29, 1.82) is 0 Å². The van der Waals surface area contributed by atoms with Gasteiger partial charge in [-0.2, -0.15) is 0 Å². The first-order valence-electron chi connectivity index (χ1n) is 4.09. The highest BCUT2D eigenvalue weighted by molar-refractivity contribution is 9.10. The van der Waals surface area contributed by atoms with Gasteiger partial charge in [0.15, 0.2) is 5.56 Å². The Balaban J connectivity index is 3.61. The number of hydrogen-bond acceptors (Lipinski definition) is 5. The minimum Gasteiger partial charge on any atom is -0.465 e. The largest absolute Gasteiger partial charge is 0.465 e. The number of rotatable bonds is 3. The van der Waals surface area contributed by atoms with Crippen LogP contribution in [0, 0.1) is 10.1 Å². The maximum absolute atomic E-state index is 12.7. The van der Waals surface area contributed by atoms with Crippen LogP contribution < -0.4 is 0 Å². The summed E-state index contributed by atoms with van der Waals surface area (Å²) in [5, 5.41) is 10.6. The number of carbonyl (C=O) groups is 1. The Labute approximate surface area is 102 Å². The summed E-state index contributed by atoms with van der Waals surface area (Å²) in [6.07, 6.45) is -2.38. The van der Waals surface area contributed by atoms with Gasteiger partial charge in [-0.05, 0) is 15.9 Å². The number of pyridine rings is 1. The number of nitro groups is 1. The van der Waals surface area contributed by atoms with E-state index in [9.17, 15) is 23.7 Å². The monoisotopic (exact) mass is 310 g/mol. The fourth-order valence-corrected chi connectivity index (χ4v) is 1.62. The molecule has 17 heavy (non-hydrogen) atoms. The lowest BCUT2D eigenvalue weighted by atomic mass is 10.1. The second-order valence-electron chi connectivity index (χ2n) is 2.77. The molecule has 1 heterocycles. The third-order valence-corrected chi connectivity index (χ3v) is 2.48. The van der Waals surface area contributed by atoms with Crippen molar-refractivity contribution in [3.8, 4) is 0 Å². The van der Waals surface area contributed by atoms with E-state index in [0.717, 1.165) is 7.11 Å². The summed E-state index contributed by atoms with van der Waals surface area (Å²) in [4.78, 5) is 24.3. The van der Waals surface area contributed by atoms with E-state index in [2.05, 4.69) is 25.7 Å². The summed E-state index contributed by atoms with van der Waals surface area (Å²) >= 11 is 2.71. The molecule has 6 nitrogen and oxygen atoms in total. The highest BCUT2D eigenvalue weighted by atomic mass is 79.9. The lowest BCUT2D eigenvalue weighted by Gasteiger charge is -2.08. The van der Waals surface area contributed by atoms with Gasteiger partial charge in [-0.3, -0.25) is 10.1 Å². The Morgan fingerprint density at radius 3 is 2.65 bits per heavy atom. The van der Waals surface area contributed by atoms with Crippen molar-refractivity contribution >= 4 is 27.6 Å². The van der Waals surface area contributed by atoms with Gasteiger partial charge < -0.3 is 4.74 Å². The number of ether oxygens (including phenoxy) is 1. The first kappa shape index (κ1) is 13.4. The number of aromatic nitrogens is 1. The van der Waals surface area contributed by atoms with E-state index in [-0.39, 0.29) is 4.60 Å². The van der Waals surface area contributed by atoms with Crippen LogP contribution in [-0.2, 0) is 4.74 Å². The average molecular weight is 311 g/mol. The summed E-state index contributed by atoms with van der Waals surface area (Å²) in [5.41, 5.74) is -2.48. The quantitative estimate of drug-likeness (QED) is 0.371. The van der Waals surface area contributed by atoms with E-state index < -0.39 is 34.1 Å². The molecule has 1 rings (SSSR count). The molecule has 0 aliphatic heterocycles. The van der Waals surface area contributed by atoms with E-state index in [1.807, 2.05) is 0 Å². The van der Waals surface area contributed by atoms with Crippen LogP contribution in [0.2, 0.25) is 0 Å². The number of alkyl halides is 2. The molecule has 92 valence electrons. The van der Waals surface area contributed by atoms with Gasteiger partial charge >= 0.3 is 11.7 Å². The third-order valence-electron chi connectivity index (χ3n) is 1.85. The second kappa shape index (κ2) is 5.13. The number of esters is 1. The normalized spacial score (nSPS) is 10.4. The van der Waals surface area contributed by atoms with Crippen molar-refractivity contribution in [2.24, 2.45) is 0 Å². The Hall–Kier alpha value is -1.64. The average Bonchev–Trinajstić information content (AvgIpc) is 2.26. The van der Waals surface area contributed by atoms with Crippen molar-refractivity contribution in [2.75, 3.05) is 7.11 Å². The Morgan fingerprint density at radius 1 is 1.65 bits per heavy atom. The van der Waals surface area contributed by atoms with Crippen molar-refractivity contribution < 1.29 is 23.2 Å². The second-order valence-corrected chi connectivity index (χ2v) is 3.52. The fourth-order valence-electron chi connectivity index (χ4n) is 1.15. The van der Waals surface area contributed by atoms with Gasteiger partial charge in [0.05, 0.1) is 17.6 Å². The van der Waals surface area contributed by atoms with Crippen molar-refractivity contribution in [3.05, 3.63) is 32.0 Å². The van der Waals surface area contributed by atoms with Gasteiger partial charge in [0.2, 0.25) is 0 Å². The summed E-state index contributed by atoms with van der Waals surface area (Å²) < 4.78 is 29.4. The minimum atomic E-state index is -3.09. The van der Waals surface area contributed by atoms with Crippen LogP contribution in [0.25, 0.3) is 0 Å². The number of hydrogen-bond donors (Lipinski definition) is 0. The molecular formula is C8H5BrF2N2O4. The molecule has 0 unspecified atom stereocenters. The van der Waals surface area contributed by atoms with Crippen LogP contribution in [0.3, 0.4) is 0 Å². The summed E-state index contributed by atoms with van der Waals surface area (Å²) in [5.74, 6) is -1.21. The van der Waals surface area contributed by atoms with Crippen molar-refractivity contribution in [3.63, 3.8) is 0 Å². The van der Waals surface area contributed by atoms with Crippen LogP contribution in [0.1, 0.15) is 22.3 Å². The van der Waals surface area contributed by atoms with Gasteiger partial charge in [-0.25, -0.2) is 18.6 Å². The smallest absolute Gasteiger partial charge is 0.345 e.